The van der Waals surface area contributed by atoms with Gasteiger partial charge in [-0.2, -0.15) is 0 Å². The SMILES string of the molecule is CO[Si](C)(C)CN1CC(COc2ccccc2)O[Si](C)(C)C1. The summed E-state index contributed by atoms with van der Waals surface area (Å²) in [4.78, 5) is 2.53. The smallest absolute Gasteiger partial charge is 0.201 e. The molecule has 1 unspecified atom stereocenters. The molecule has 4 nitrogen and oxygen atoms in total. The molecule has 1 aliphatic heterocycles. The fourth-order valence-corrected chi connectivity index (χ4v) is 7.04. The molecule has 0 saturated carbocycles. The zero-order valence-electron chi connectivity index (χ0n) is 14.5. The van der Waals surface area contributed by atoms with Crippen LogP contribution < -0.4 is 4.74 Å². The predicted octanol–water partition coefficient (Wildman–Crippen LogP) is 2.90. The van der Waals surface area contributed by atoms with E-state index in [0.717, 1.165) is 24.6 Å². The van der Waals surface area contributed by atoms with Crippen LogP contribution in [-0.2, 0) is 8.85 Å². The Kier molecular flexibility index (Phi) is 5.84. The number of hydrogen-bond acceptors (Lipinski definition) is 4. The first-order chi connectivity index (χ1) is 10.3. The number of nitrogens with zero attached hydrogens (tertiary/aromatic N) is 1. The fraction of sp³-hybridized carbons (Fsp3) is 0.625. The zero-order chi connectivity index (χ0) is 16.2. The summed E-state index contributed by atoms with van der Waals surface area (Å²) in [5.74, 6) is 0.911. The van der Waals surface area contributed by atoms with Gasteiger partial charge in [0.1, 0.15) is 12.4 Å². The molecule has 1 aromatic carbocycles. The predicted molar refractivity (Wildman–Crippen MR) is 95.2 cm³/mol. The minimum atomic E-state index is -1.65. The Balaban J connectivity index is 1.93. The van der Waals surface area contributed by atoms with Crippen molar-refractivity contribution in [2.45, 2.75) is 32.3 Å². The Bertz CT molecular complexity index is 468. The van der Waals surface area contributed by atoms with Crippen molar-refractivity contribution in [3.63, 3.8) is 0 Å². The van der Waals surface area contributed by atoms with Crippen LogP contribution in [0.1, 0.15) is 0 Å². The normalized spacial score (nSPS) is 22.5. The second kappa shape index (κ2) is 7.27. The van der Waals surface area contributed by atoms with Gasteiger partial charge in [-0.25, -0.2) is 0 Å². The van der Waals surface area contributed by atoms with Crippen molar-refractivity contribution >= 4 is 16.6 Å². The Morgan fingerprint density at radius 3 is 2.59 bits per heavy atom. The highest BCUT2D eigenvalue weighted by Crippen LogP contribution is 2.20. The number of hydrogen-bond donors (Lipinski definition) is 0. The molecule has 1 aliphatic rings. The van der Waals surface area contributed by atoms with Crippen LogP contribution in [0, 0.1) is 0 Å². The van der Waals surface area contributed by atoms with Crippen molar-refractivity contribution < 1.29 is 13.6 Å². The molecule has 0 bridgehead atoms. The maximum atomic E-state index is 6.32. The van der Waals surface area contributed by atoms with Crippen molar-refractivity contribution in [1.82, 2.24) is 4.90 Å². The molecule has 0 radical (unpaired) electrons. The molecule has 0 aromatic heterocycles. The monoisotopic (exact) mass is 339 g/mol. The van der Waals surface area contributed by atoms with Gasteiger partial charge in [0.05, 0.1) is 6.10 Å². The Labute approximate surface area is 136 Å². The van der Waals surface area contributed by atoms with Crippen molar-refractivity contribution in [2.75, 3.05) is 32.6 Å². The van der Waals surface area contributed by atoms with Gasteiger partial charge in [0, 0.05) is 26.0 Å². The molecule has 0 aliphatic carbocycles. The summed E-state index contributed by atoms with van der Waals surface area (Å²) in [6, 6.07) is 9.97. The molecular formula is C16H29NO3Si2. The molecule has 22 heavy (non-hydrogen) atoms. The van der Waals surface area contributed by atoms with Gasteiger partial charge < -0.3 is 18.5 Å². The maximum absolute atomic E-state index is 6.32. The van der Waals surface area contributed by atoms with Crippen LogP contribution in [0.5, 0.6) is 5.75 Å². The third-order valence-corrected chi connectivity index (χ3v) is 8.38. The molecule has 2 rings (SSSR count). The first kappa shape index (κ1) is 17.7. The van der Waals surface area contributed by atoms with Crippen molar-refractivity contribution in [3.05, 3.63) is 30.3 Å². The lowest BCUT2D eigenvalue weighted by Gasteiger charge is -2.43. The molecular weight excluding hydrogens is 310 g/mol. The quantitative estimate of drug-likeness (QED) is 0.746. The molecule has 1 aromatic rings. The van der Waals surface area contributed by atoms with Gasteiger partial charge >= 0.3 is 0 Å². The highest BCUT2D eigenvalue weighted by Gasteiger charge is 2.38. The summed E-state index contributed by atoms with van der Waals surface area (Å²) in [7, 11) is -1.41. The summed E-state index contributed by atoms with van der Waals surface area (Å²) in [6.45, 7) is 10.7. The van der Waals surface area contributed by atoms with Crippen LogP contribution in [0.15, 0.2) is 30.3 Å². The average Bonchev–Trinajstić information content (AvgIpc) is 2.44. The number of ether oxygens (including phenoxy) is 1. The molecule has 0 N–H and O–H groups in total. The van der Waals surface area contributed by atoms with Crippen LogP contribution in [0.4, 0.5) is 0 Å². The molecule has 0 amide bonds. The largest absolute Gasteiger partial charge is 0.491 e. The molecule has 0 spiro atoms. The summed E-state index contributed by atoms with van der Waals surface area (Å²) < 4.78 is 17.9. The first-order valence-electron chi connectivity index (χ1n) is 7.93. The van der Waals surface area contributed by atoms with E-state index in [4.69, 9.17) is 13.6 Å². The molecule has 6 heteroatoms. The van der Waals surface area contributed by atoms with Crippen molar-refractivity contribution in [3.8, 4) is 5.75 Å². The van der Waals surface area contributed by atoms with Gasteiger partial charge in [-0.1, -0.05) is 18.2 Å². The summed E-state index contributed by atoms with van der Waals surface area (Å²) >= 11 is 0. The lowest BCUT2D eigenvalue weighted by atomic mass is 10.3. The van der Waals surface area contributed by atoms with Crippen LogP contribution in [-0.4, -0.2) is 60.2 Å². The Morgan fingerprint density at radius 2 is 1.95 bits per heavy atom. The molecule has 1 atom stereocenters. The van der Waals surface area contributed by atoms with E-state index in [-0.39, 0.29) is 6.10 Å². The third kappa shape index (κ3) is 5.51. The van der Waals surface area contributed by atoms with Gasteiger partial charge in [0.2, 0.25) is 8.32 Å². The summed E-state index contributed by atoms with van der Waals surface area (Å²) in [5.41, 5.74) is 0. The van der Waals surface area contributed by atoms with Crippen LogP contribution in [0.2, 0.25) is 26.2 Å². The van der Waals surface area contributed by atoms with E-state index in [1.54, 1.807) is 0 Å². The number of rotatable bonds is 6. The molecule has 124 valence electrons. The third-order valence-electron chi connectivity index (χ3n) is 3.89. The van der Waals surface area contributed by atoms with E-state index in [2.05, 4.69) is 31.1 Å². The number of benzene rings is 1. The Hall–Kier alpha value is -0.666. The summed E-state index contributed by atoms with van der Waals surface area (Å²) in [5, 5.41) is 0. The van der Waals surface area contributed by atoms with Gasteiger partial charge in [0.15, 0.2) is 8.32 Å². The van der Waals surface area contributed by atoms with Crippen LogP contribution in [0.25, 0.3) is 0 Å². The highest BCUT2D eigenvalue weighted by molar-refractivity contribution is 6.73. The number of para-hydroxylation sites is 1. The lowest BCUT2D eigenvalue weighted by Crippen LogP contribution is -2.60. The van der Waals surface area contributed by atoms with Gasteiger partial charge in [0.25, 0.3) is 0 Å². The van der Waals surface area contributed by atoms with E-state index in [0.29, 0.717) is 6.61 Å². The second-order valence-electron chi connectivity index (χ2n) is 7.26. The molecule has 1 fully saturated rings. The first-order valence-corrected chi connectivity index (χ1v) is 14.2. The van der Waals surface area contributed by atoms with Gasteiger partial charge in [-0.3, -0.25) is 0 Å². The average molecular weight is 340 g/mol. The lowest BCUT2D eigenvalue weighted by molar-refractivity contribution is 0.0609. The fourth-order valence-electron chi connectivity index (χ4n) is 2.93. The minimum absolute atomic E-state index is 0.150. The van der Waals surface area contributed by atoms with E-state index in [1.165, 1.54) is 0 Å². The Morgan fingerprint density at radius 1 is 1.27 bits per heavy atom. The van der Waals surface area contributed by atoms with Crippen molar-refractivity contribution in [2.24, 2.45) is 0 Å². The topological polar surface area (TPSA) is 30.9 Å². The minimum Gasteiger partial charge on any atom is -0.491 e. The summed E-state index contributed by atoms with van der Waals surface area (Å²) in [6.07, 6.45) is 2.29. The van der Waals surface area contributed by atoms with Crippen LogP contribution in [0.3, 0.4) is 0 Å². The van der Waals surface area contributed by atoms with Crippen molar-refractivity contribution in [1.29, 1.82) is 0 Å². The van der Waals surface area contributed by atoms with Crippen LogP contribution >= 0.6 is 0 Å². The van der Waals surface area contributed by atoms with E-state index in [1.807, 2.05) is 37.4 Å². The molecule has 1 saturated heterocycles. The van der Waals surface area contributed by atoms with Gasteiger partial charge in [-0.05, 0) is 38.3 Å². The van der Waals surface area contributed by atoms with E-state index in [9.17, 15) is 0 Å². The van der Waals surface area contributed by atoms with E-state index >= 15 is 0 Å². The standard InChI is InChI=1S/C16H29NO3Si2/c1-18-21(2,3)13-17-11-16(20-22(4,5)14-17)12-19-15-9-7-6-8-10-15/h6-10,16H,11-14H2,1-5H3. The molecule has 1 heterocycles. The highest BCUT2D eigenvalue weighted by atomic mass is 28.4. The zero-order valence-corrected chi connectivity index (χ0v) is 16.5. The van der Waals surface area contributed by atoms with Gasteiger partial charge in [-0.15, -0.1) is 0 Å². The maximum Gasteiger partial charge on any atom is 0.201 e. The van der Waals surface area contributed by atoms with E-state index < -0.39 is 16.6 Å². The second-order valence-corrected chi connectivity index (χ2v) is 15.6.